The molecule has 1 fully saturated rings. The minimum atomic E-state index is 0.254. The van der Waals surface area contributed by atoms with Crippen molar-refractivity contribution in [3.05, 3.63) is 46.5 Å². The number of rotatable bonds is 5. The van der Waals surface area contributed by atoms with E-state index in [0.717, 1.165) is 23.5 Å². The van der Waals surface area contributed by atoms with Gasteiger partial charge in [-0.05, 0) is 35.4 Å². The summed E-state index contributed by atoms with van der Waals surface area (Å²) in [5.41, 5.74) is 2.34. The third-order valence-electron chi connectivity index (χ3n) is 4.13. The van der Waals surface area contributed by atoms with Gasteiger partial charge >= 0.3 is 0 Å². The van der Waals surface area contributed by atoms with Crippen LogP contribution >= 0.6 is 11.5 Å². The number of likely N-dealkylation sites (tertiary alicyclic amines) is 1. The van der Waals surface area contributed by atoms with Gasteiger partial charge in [-0.25, -0.2) is 0 Å². The SMILES string of the molecule is CC(C)c1nnsc1CN1C[C@H](Cc2ccccc2)CC1=O. The quantitative estimate of drug-likeness (QED) is 0.851. The molecule has 4 nitrogen and oxygen atoms in total. The maximum absolute atomic E-state index is 12.3. The van der Waals surface area contributed by atoms with E-state index in [0.29, 0.717) is 24.8 Å². The predicted octanol–water partition coefficient (Wildman–Crippen LogP) is 3.25. The standard InChI is InChI=1S/C17H21N3OS/c1-12(2)17-15(22-19-18-17)11-20-10-14(9-16(20)21)8-13-6-4-3-5-7-13/h3-7,12,14H,8-11H2,1-2H3/t14-/m1/s1. The molecule has 3 rings (SSSR count). The van der Waals surface area contributed by atoms with Gasteiger partial charge in [-0.15, -0.1) is 5.10 Å². The van der Waals surface area contributed by atoms with Crippen LogP contribution < -0.4 is 0 Å². The number of benzene rings is 1. The Morgan fingerprint density at radius 1 is 1.32 bits per heavy atom. The Labute approximate surface area is 135 Å². The highest BCUT2D eigenvalue weighted by atomic mass is 32.1. The molecule has 2 aromatic rings. The summed E-state index contributed by atoms with van der Waals surface area (Å²) in [6, 6.07) is 10.4. The van der Waals surface area contributed by atoms with Crippen molar-refractivity contribution in [3.63, 3.8) is 0 Å². The highest BCUT2D eigenvalue weighted by Gasteiger charge is 2.30. The molecule has 0 aliphatic carbocycles. The molecule has 1 aromatic heterocycles. The van der Waals surface area contributed by atoms with Crippen molar-refractivity contribution in [2.75, 3.05) is 6.54 Å². The Balaban J connectivity index is 1.64. The van der Waals surface area contributed by atoms with E-state index < -0.39 is 0 Å². The predicted molar refractivity (Wildman–Crippen MR) is 87.7 cm³/mol. The van der Waals surface area contributed by atoms with Crippen LogP contribution in [0.15, 0.2) is 30.3 Å². The van der Waals surface area contributed by atoms with Crippen LogP contribution in [0.5, 0.6) is 0 Å². The van der Waals surface area contributed by atoms with E-state index in [2.05, 4.69) is 47.7 Å². The minimum absolute atomic E-state index is 0.254. The molecule has 0 bridgehead atoms. The zero-order valence-corrected chi connectivity index (χ0v) is 13.8. The van der Waals surface area contributed by atoms with Crippen LogP contribution in [0, 0.1) is 5.92 Å². The van der Waals surface area contributed by atoms with E-state index >= 15 is 0 Å². The van der Waals surface area contributed by atoms with Crippen molar-refractivity contribution in [2.45, 2.75) is 39.2 Å². The first kappa shape index (κ1) is 15.2. The fourth-order valence-corrected chi connectivity index (χ4v) is 3.84. The van der Waals surface area contributed by atoms with Gasteiger partial charge in [0.2, 0.25) is 5.91 Å². The molecule has 0 radical (unpaired) electrons. The number of nitrogens with zero attached hydrogens (tertiary/aromatic N) is 3. The van der Waals surface area contributed by atoms with E-state index in [4.69, 9.17) is 0 Å². The second-order valence-electron chi connectivity index (χ2n) is 6.27. The molecular formula is C17H21N3OS. The van der Waals surface area contributed by atoms with Crippen molar-refractivity contribution in [1.29, 1.82) is 0 Å². The fourth-order valence-electron chi connectivity index (χ4n) is 3.03. The van der Waals surface area contributed by atoms with Crippen molar-refractivity contribution in [2.24, 2.45) is 5.92 Å². The molecule has 1 aliphatic heterocycles. The molecule has 5 heteroatoms. The maximum atomic E-state index is 12.3. The topological polar surface area (TPSA) is 46.1 Å². The van der Waals surface area contributed by atoms with Gasteiger partial charge in [0.25, 0.3) is 0 Å². The Morgan fingerprint density at radius 2 is 2.09 bits per heavy atom. The van der Waals surface area contributed by atoms with E-state index in [1.165, 1.54) is 17.1 Å². The number of carbonyl (C=O) groups excluding carboxylic acids is 1. The fraction of sp³-hybridized carbons (Fsp3) is 0.471. The second kappa shape index (κ2) is 6.57. The first-order valence-corrected chi connectivity index (χ1v) is 8.53. The highest BCUT2D eigenvalue weighted by Crippen LogP contribution is 2.27. The maximum Gasteiger partial charge on any atom is 0.223 e. The van der Waals surface area contributed by atoms with Gasteiger partial charge < -0.3 is 4.90 Å². The second-order valence-corrected chi connectivity index (χ2v) is 7.11. The Kier molecular flexibility index (Phi) is 4.52. The van der Waals surface area contributed by atoms with Crippen LogP contribution in [0.2, 0.25) is 0 Å². The molecule has 0 spiro atoms. The summed E-state index contributed by atoms with van der Waals surface area (Å²) in [7, 11) is 0. The Bertz CT molecular complexity index is 638. The highest BCUT2D eigenvalue weighted by molar-refractivity contribution is 7.05. The van der Waals surface area contributed by atoms with E-state index in [1.54, 1.807) is 0 Å². The van der Waals surface area contributed by atoms with Crippen LogP contribution in [0.25, 0.3) is 0 Å². The van der Waals surface area contributed by atoms with Crippen LogP contribution in [0.3, 0.4) is 0 Å². The number of hydrogen-bond acceptors (Lipinski definition) is 4. The van der Waals surface area contributed by atoms with Crippen molar-refractivity contribution in [1.82, 2.24) is 14.5 Å². The molecule has 1 saturated heterocycles. The number of aromatic nitrogens is 2. The molecule has 1 aliphatic rings. The Hall–Kier alpha value is -1.75. The van der Waals surface area contributed by atoms with Gasteiger partial charge in [-0.1, -0.05) is 48.7 Å². The van der Waals surface area contributed by atoms with E-state index in [9.17, 15) is 4.79 Å². The molecule has 2 heterocycles. The van der Waals surface area contributed by atoms with E-state index in [-0.39, 0.29) is 5.91 Å². The van der Waals surface area contributed by atoms with Crippen molar-refractivity contribution >= 4 is 17.4 Å². The molecule has 1 aromatic carbocycles. The summed E-state index contributed by atoms with van der Waals surface area (Å²) >= 11 is 1.42. The summed E-state index contributed by atoms with van der Waals surface area (Å²) in [4.78, 5) is 15.4. The molecule has 1 atom stereocenters. The lowest BCUT2D eigenvalue weighted by molar-refractivity contribution is -0.128. The van der Waals surface area contributed by atoms with E-state index in [1.807, 2.05) is 11.0 Å². The normalized spacial score (nSPS) is 18.4. The zero-order valence-electron chi connectivity index (χ0n) is 13.0. The van der Waals surface area contributed by atoms with Crippen LogP contribution in [0.1, 0.15) is 42.3 Å². The summed E-state index contributed by atoms with van der Waals surface area (Å²) < 4.78 is 4.05. The van der Waals surface area contributed by atoms with Gasteiger partial charge in [0.15, 0.2) is 0 Å². The molecule has 22 heavy (non-hydrogen) atoms. The third kappa shape index (κ3) is 3.35. The molecular weight excluding hydrogens is 294 g/mol. The van der Waals surface area contributed by atoms with Crippen LogP contribution in [-0.4, -0.2) is 26.9 Å². The van der Waals surface area contributed by atoms with Crippen molar-refractivity contribution in [3.8, 4) is 0 Å². The van der Waals surface area contributed by atoms with Gasteiger partial charge in [0, 0.05) is 13.0 Å². The lowest BCUT2D eigenvalue weighted by Crippen LogP contribution is -2.25. The van der Waals surface area contributed by atoms with Gasteiger partial charge in [-0.3, -0.25) is 4.79 Å². The average molecular weight is 315 g/mol. The van der Waals surface area contributed by atoms with Gasteiger partial charge in [0.1, 0.15) is 0 Å². The Morgan fingerprint density at radius 3 is 2.82 bits per heavy atom. The molecule has 116 valence electrons. The third-order valence-corrected chi connectivity index (χ3v) is 4.85. The monoisotopic (exact) mass is 315 g/mol. The molecule has 0 unspecified atom stereocenters. The minimum Gasteiger partial charge on any atom is -0.337 e. The smallest absolute Gasteiger partial charge is 0.223 e. The molecule has 1 amide bonds. The summed E-state index contributed by atoms with van der Waals surface area (Å²) in [6.45, 7) is 5.73. The zero-order chi connectivity index (χ0) is 15.5. The van der Waals surface area contributed by atoms with Gasteiger partial charge in [-0.2, -0.15) is 0 Å². The largest absolute Gasteiger partial charge is 0.337 e. The molecule has 0 N–H and O–H groups in total. The number of carbonyl (C=O) groups is 1. The lowest BCUT2D eigenvalue weighted by Gasteiger charge is -2.16. The number of hydrogen-bond donors (Lipinski definition) is 0. The summed E-state index contributed by atoms with van der Waals surface area (Å²) in [5, 5.41) is 4.20. The lowest BCUT2D eigenvalue weighted by atomic mass is 9.99. The van der Waals surface area contributed by atoms with Gasteiger partial charge in [0.05, 0.1) is 17.1 Å². The average Bonchev–Trinajstić information content (AvgIpc) is 3.08. The van der Waals surface area contributed by atoms with Crippen LogP contribution in [-0.2, 0) is 17.8 Å². The first-order chi connectivity index (χ1) is 10.6. The molecule has 0 saturated carbocycles. The number of amides is 1. The first-order valence-electron chi connectivity index (χ1n) is 7.76. The van der Waals surface area contributed by atoms with Crippen LogP contribution in [0.4, 0.5) is 0 Å². The summed E-state index contributed by atoms with van der Waals surface area (Å²) in [5.74, 6) is 1.02. The van der Waals surface area contributed by atoms with Crippen molar-refractivity contribution < 1.29 is 4.79 Å². The summed E-state index contributed by atoms with van der Waals surface area (Å²) in [6.07, 6.45) is 1.62.